The topological polar surface area (TPSA) is 75.6 Å². The van der Waals surface area contributed by atoms with Crippen molar-refractivity contribution in [1.29, 1.82) is 0 Å². The normalized spacial score (nSPS) is 17.0. The number of hydrogen-bond donors (Lipinski definition) is 2. The molecule has 1 aliphatic rings. The molecule has 1 saturated heterocycles. The van der Waals surface area contributed by atoms with Crippen molar-refractivity contribution in [2.24, 2.45) is 5.41 Å². The number of amides is 1. The lowest BCUT2D eigenvalue weighted by Crippen LogP contribution is -2.46. The SMILES string of the molecule is O=C(Cc1c(F)cccc1F)NCC1(C(=O)O)CCOCC1. The molecule has 0 aliphatic carbocycles. The number of aliphatic carboxylic acids is 1. The Morgan fingerprint density at radius 2 is 1.82 bits per heavy atom. The van der Waals surface area contributed by atoms with Crippen molar-refractivity contribution in [3.8, 4) is 0 Å². The minimum absolute atomic E-state index is 0.0827. The van der Waals surface area contributed by atoms with Gasteiger partial charge in [-0.15, -0.1) is 0 Å². The Kier molecular flexibility index (Phi) is 5.07. The monoisotopic (exact) mass is 313 g/mol. The van der Waals surface area contributed by atoms with E-state index in [4.69, 9.17) is 4.74 Å². The molecule has 1 fully saturated rings. The number of ether oxygens (including phenoxy) is 1. The maximum atomic E-state index is 13.5. The van der Waals surface area contributed by atoms with Gasteiger partial charge in [0.05, 0.1) is 11.8 Å². The summed E-state index contributed by atoms with van der Waals surface area (Å²) in [6, 6.07) is 3.36. The Balaban J connectivity index is 1.98. The Bertz CT molecular complexity index is 550. The molecular formula is C15H17F2NO4. The first-order valence-electron chi connectivity index (χ1n) is 6.95. The molecule has 0 spiro atoms. The van der Waals surface area contributed by atoms with Crippen LogP contribution in [0, 0.1) is 17.0 Å². The summed E-state index contributed by atoms with van der Waals surface area (Å²) >= 11 is 0. The molecule has 1 heterocycles. The van der Waals surface area contributed by atoms with Crippen molar-refractivity contribution < 1.29 is 28.2 Å². The van der Waals surface area contributed by atoms with Gasteiger partial charge in [0.2, 0.25) is 5.91 Å². The fourth-order valence-corrected chi connectivity index (χ4v) is 2.42. The van der Waals surface area contributed by atoms with Gasteiger partial charge in [0.15, 0.2) is 0 Å². The molecule has 0 radical (unpaired) electrons. The van der Waals surface area contributed by atoms with Crippen molar-refractivity contribution in [2.45, 2.75) is 19.3 Å². The summed E-state index contributed by atoms with van der Waals surface area (Å²) < 4.78 is 32.1. The fraction of sp³-hybridized carbons (Fsp3) is 0.467. The van der Waals surface area contributed by atoms with E-state index < -0.39 is 35.3 Å². The maximum Gasteiger partial charge on any atom is 0.311 e. The molecule has 1 aromatic rings. The van der Waals surface area contributed by atoms with E-state index in [9.17, 15) is 23.5 Å². The quantitative estimate of drug-likeness (QED) is 0.864. The molecular weight excluding hydrogens is 296 g/mol. The van der Waals surface area contributed by atoms with Gasteiger partial charge in [-0.2, -0.15) is 0 Å². The van der Waals surface area contributed by atoms with Crippen LogP contribution in [-0.2, 0) is 20.7 Å². The van der Waals surface area contributed by atoms with Crippen molar-refractivity contribution in [2.75, 3.05) is 19.8 Å². The smallest absolute Gasteiger partial charge is 0.311 e. The third-order valence-electron chi connectivity index (χ3n) is 3.93. The Hall–Kier alpha value is -2.02. The van der Waals surface area contributed by atoms with Crippen LogP contribution < -0.4 is 5.32 Å². The van der Waals surface area contributed by atoms with Gasteiger partial charge in [-0.3, -0.25) is 9.59 Å². The Morgan fingerprint density at radius 1 is 1.23 bits per heavy atom. The fourth-order valence-electron chi connectivity index (χ4n) is 2.42. The molecule has 120 valence electrons. The van der Waals surface area contributed by atoms with Crippen molar-refractivity contribution in [3.63, 3.8) is 0 Å². The average Bonchev–Trinajstić information content (AvgIpc) is 2.50. The number of rotatable bonds is 5. The number of hydrogen-bond acceptors (Lipinski definition) is 3. The van der Waals surface area contributed by atoms with Crippen LogP contribution in [0.1, 0.15) is 18.4 Å². The molecule has 1 amide bonds. The van der Waals surface area contributed by atoms with Crippen LogP contribution in [0.3, 0.4) is 0 Å². The molecule has 1 aromatic carbocycles. The van der Waals surface area contributed by atoms with Gasteiger partial charge < -0.3 is 15.2 Å². The van der Waals surface area contributed by atoms with Crippen molar-refractivity contribution >= 4 is 11.9 Å². The van der Waals surface area contributed by atoms with Crippen LogP contribution in [0.15, 0.2) is 18.2 Å². The summed E-state index contributed by atoms with van der Waals surface area (Å²) in [6.07, 6.45) is 0.109. The lowest BCUT2D eigenvalue weighted by Gasteiger charge is -2.33. The number of carbonyl (C=O) groups excluding carboxylic acids is 1. The molecule has 0 saturated carbocycles. The minimum Gasteiger partial charge on any atom is -0.481 e. The van der Waals surface area contributed by atoms with Crippen LogP contribution >= 0.6 is 0 Å². The van der Waals surface area contributed by atoms with Crippen LogP contribution in [0.2, 0.25) is 0 Å². The maximum absolute atomic E-state index is 13.5. The van der Waals surface area contributed by atoms with Gasteiger partial charge in [-0.25, -0.2) is 8.78 Å². The van der Waals surface area contributed by atoms with E-state index in [-0.39, 0.29) is 24.9 Å². The zero-order chi connectivity index (χ0) is 16.2. The van der Waals surface area contributed by atoms with E-state index in [2.05, 4.69) is 5.32 Å². The Morgan fingerprint density at radius 3 is 2.36 bits per heavy atom. The van der Waals surface area contributed by atoms with Gasteiger partial charge in [0, 0.05) is 25.3 Å². The highest BCUT2D eigenvalue weighted by atomic mass is 19.1. The van der Waals surface area contributed by atoms with Crippen LogP contribution in [-0.4, -0.2) is 36.7 Å². The van der Waals surface area contributed by atoms with Crippen LogP contribution in [0.4, 0.5) is 8.78 Å². The van der Waals surface area contributed by atoms with Gasteiger partial charge in [-0.05, 0) is 25.0 Å². The van der Waals surface area contributed by atoms with Crippen molar-refractivity contribution in [3.05, 3.63) is 35.4 Å². The molecule has 1 aliphatic heterocycles. The number of carbonyl (C=O) groups is 2. The summed E-state index contributed by atoms with van der Waals surface area (Å²) in [7, 11) is 0. The molecule has 2 rings (SSSR count). The van der Waals surface area contributed by atoms with Gasteiger partial charge >= 0.3 is 5.97 Å². The third-order valence-corrected chi connectivity index (χ3v) is 3.93. The lowest BCUT2D eigenvalue weighted by atomic mass is 9.80. The van der Waals surface area contributed by atoms with Gasteiger partial charge in [-0.1, -0.05) is 6.07 Å². The molecule has 22 heavy (non-hydrogen) atoms. The van der Waals surface area contributed by atoms with Gasteiger partial charge in [0.1, 0.15) is 11.6 Å². The van der Waals surface area contributed by atoms with Crippen molar-refractivity contribution in [1.82, 2.24) is 5.32 Å². The third kappa shape index (κ3) is 3.59. The first-order valence-corrected chi connectivity index (χ1v) is 6.95. The highest BCUT2D eigenvalue weighted by Crippen LogP contribution is 2.30. The summed E-state index contributed by atoms with van der Waals surface area (Å²) in [5.41, 5.74) is -1.40. The standard InChI is InChI=1S/C15H17F2NO4/c16-11-2-1-3-12(17)10(11)8-13(19)18-9-15(14(20)21)4-6-22-7-5-15/h1-3H,4-9H2,(H,18,19)(H,20,21). The molecule has 5 nitrogen and oxygen atoms in total. The Labute approximate surface area is 126 Å². The molecule has 7 heteroatoms. The van der Waals surface area contributed by atoms with Crippen LogP contribution in [0.25, 0.3) is 0 Å². The number of benzene rings is 1. The highest BCUT2D eigenvalue weighted by Gasteiger charge is 2.40. The largest absolute Gasteiger partial charge is 0.481 e. The first-order chi connectivity index (χ1) is 10.4. The average molecular weight is 313 g/mol. The number of carboxylic acid groups (broad SMARTS) is 1. The number of carboxylic acids is 1. The van der Waals surface area contributed by atoms with E-state index in [0.29, 0.717) is 13.2 Å². The van der Waals surface area contributed by atoms with Crippen LogP contribution in [0.5, 0.6) is 0 Å². The van der Waals surface area contributed by atoms with E-state index in [0.717, 1.165) is 12.1 Å². The predicted octanol–water partition coefficient (Wildman–Crippen LogP) is 1.50. The molecule has 2 N–H and O–H groups in total. The molecule has 0 aromatic heterocycles. The first kappa shape index (κ1) is 16.4. The van der Waals surface area contributed by atoms with E-state index in [1.807, 2.05) is 0 Å². The zero-order valence-corrected chi connectivity index (χ0v) is 11.9. The lowest BCUT2D eigenvalue weighted by molar-refractivity contribution is -0.154. The minimum atomic E-state index is -1.08. The second-order valence-corrected chi connectivity index (χ2v) is 5.35. The number of nitrogens with one attached hydrogen (secondary N) is 1. The molecule has 0 atom stereocenters. The summed E-state index contributed by atoms with van der Waals surface area (Å²) in [5.74, 6) is -3.22. The zero-order valence-electron chi connectivity index (χ0n) is 11.9. The highest BCUT2D eigenvalue weighted by molar-refractivity contribution is 5.80. The molecule has 0 unspecified atom stereocenters. The number of halogens is 2. The van der Waals surface area contributed by atoms with E-state index in [1.165, 1.54) is 6.07 Å². The second kappa shape index (κ2) is 6.83. The predicted molar refractivity (Wildman–Crippen MR) is 73.2 cm³/mol. The second-order valence-electron chi connectivity index (χ2n) is 5.35. The van der Waals surface area contributed by atoms with E-state index >= 15 is 0 Å². The molecule has 0 bridgehead atoms. The summed E-state index contributed by atoms with van der Waals surface area (Å²) in [5, 5.41) is 11.8. The summed E-state index contributed by atoms with van der Waals surface area (Å²) in [4.78, 5) is 23.3. The van der Waals surface area contributed by atoms with Gasteiger partial charge in [0.25, 0.3) is 0 Å². The summed E-state index contributed by atoms with van der Waals surface area (Å²) in [6.45, 7) is 0.537. The van der Waals surface area contributed by atoms with E-state index in [1.54, 1.807) is 0 Å².